The molecule has 21 heavy (non-hydrogen) atoms. The molecule has 1 heterocycles. The molecule has 0 spiro atoms. The Morgan fingerprint density at radius 3 is 2.81 bits per heavy atom. The summed E-state index contributed by atoms with van der Waals surface area (Å²) in [5, 5.41) is 22.6. The fraction of sp³-hybridized carbons (Fsp3) is 0.133. The minimum Gasteiger partial charge on any atom is -0.508 e. The topological polar surface area (TPSA) is 78.8 Å². The van der Waals surface area contributed by atoms with Crippen LogP contribution in [0.3, 0.4) is 0 Å². The molecule has 1 aliphatic heterocycles. The number of carbonyl (C=O) groups is 1. The second kappa shape index (κ2) is 4.86. The zero-order valence-corrected chi connectivity index (χ0v) is 11.6. The van der Waals surface area contributed by atoms with Gasteiger partial charge in [-0.3, -0.25) is 0 Å². The lowest BCUT2D eigenvalue weighted by atomic mass is 9.91. The Hall–Kier alpha value is -2.40. The van der Waals surface area contributed by atoms with E-state index in [1.807, 2.05) is 0 Å². The molecule has 1 aliphatic rings. The number of benzene rings is 2. The van der Waals surface area contributed by atoms with E-state index in [0.717, 1.165) is 0 Å². The highest BCUT2D eigenvalue weighted by atomic mass is 35.5. The Kier molecular flexibility index (Phi) is 3.14. The molecule has 0 saturated carbocycles. The molecule has 0 aliphatic carbocycles. The largest absolute Gasteiger partial charge is 0.508 e. The molecule has 0 radical (unpaired) electrons. The van der Waals surface area contributed by atoms with Crippen LogP contribution in [0.25, 0.3) is 0 Å². The number of aliphatic carboxylic acids is 1. The number of carboxylic acids is 1. The lowest BCUT2D eigenvalue weighted by Crippen LogP contribution is -2.45. The highest BCUT2D eigenvalue weighted by molar-refractivity contribution is 6.30. The molecule has 0 bridgehead atoms. The smallest absolute Gasteiger partial charge is 0.337 e. The average Bonchev–Trinajstić information content (AvgIpc) is 2.78. The predicted molar refractivity (Wildman–Crippen MR) is 78.0 cm³/mol. The van der Waals surface area contributed by atoms with E-state index >= 15 is 0 Å². The number of fused-ring (bicyclic) bond motifs is 1. The van der Waals surface area contributed by atoms with Crippen molar-refractivity contribution in [3.05, 3.63) is 53.1 Å². The molecule has 3 N–H and O–H groups in total. The van der Waals surface area contributed by atoms with Gasteiger partial charge in [-0.15, -0.1) is 0 Å². The predicted octanol–water partition coefficient (Wildman–Crippen LogP) is 2.83. The lowest BCUT2D eigenvalue weighted by molar-refractivity contribution is -0.143. The molecule has 0 fully saturated rings. The Balaban J connectivity index is 2.06. The highest BCUT2D eigenvalue weighted by Crippen LogP contribution is 2.41. The first kappa shape index (κ1) is 13.6. The Morgan fingerprint density at radius 2 is 2.10 bits per heavy atom. The van der Waals surface area contributed by atoms with E-state index in [1.54, 1.807) is 30.3 Å². The number of phenols is 1. The Bertz CT molecular complexity index is 719. The summed E-state index contributed by atoms with van der Waals surface area (Å²) in [5.74, 6) is -0.684. The van der Waals surface area contributed by atoms with Crippen molar-refractivity contribution < 1.29 is 19.7 Å². The fourth-order valence-electron chi connectivity index (χ4n) is 2.39. The molecule has 2 aromatic rings. The number of halogens is 1. The van der Waals surface area contributed by atoms with Crippen LogP contribution < -0.4 is 10.1 Å². The summed E-state index contributed by atoms with van der Waals surface area (Å²) < 4.78 is 5.42. The third-order valence-electron chi connectivity index (χ3n) is 3.42. The van der Waals surface area contributed by atoms with E-state index in [2.05, 4.69) is 5.32 Å². The van der Waals surface area contributed by atoms with E-state index in [-0.39, 0.29) is 12.4 Å². The lowest BCUT2D eigenvalue weighted by Gasteiger charge is -2.25. The van der Waals surface area contributed by atoms with Gasteiger partial charge in [0.2, 0.25) is 0 Å². The summed E-state index contributed by atoms with van der Waals surface area (Å²) in [5.41, 5.74) is -0.365. The first-order valence-electron chi connectivity index (χ1n) is 6.25. The van der Waals surface area contributed by atoms with Gasteiger partial charge in [-0.05, 0) is 30.3 Å². The van der Waals surface area contributed by atoms with Gasteiger partial charge in [0.05, 0.1) is 0 Å². The first-order chi connectivity index (χ1) is 10.0. The molecule has 0 amide bonds. The minimum atomic E-state index is -1.41. The maximum absolute atomic E-state index is 11.8. The third kappa shape index (κ3) is 2.25. The normalized spacial score (nSPS) is 19.7. The van der Waals surface area contributed by atoms with Crippen LogP contribution in [0.4, 0.5) is 5.69 Å². The second-order valence-electron chi connectivity index (χ2n) is 4.81. The van der Waals surface area contributed by atoms with Crippen LogP contribution >= 0.6 is 11.6 Å². The third-order valence-corrected chi connectivity index (χ3v) is 3.65. The van der Waals surface area contributed by atoms with Crippen molar-refractivity contribution in [2.75, 3.05) is 11.9 Å². The van der Waals surface area contributed by atoms with Crippen LogP contribution in [-0.4, -0.2) is 22.8 Å². The number of ether oxygens (including phenoxy) is 1. The summed E-state index contributed by atoms with van der Waals surface area (Å²) in [7, 11) is 0. The zero-order chi connectivity index (χ0) is 15.0. The van der Waals surface area contributed by atoms with E-state index in [4.69, 9.17) is 16.3 Å². The van der Waals surface area contributed by atoms with Crippen molar-refractivity contribution in [1.82, 2.24) is 0 Å². The molecule has 1 unspecified atom stereocenters. The number of carboxylic acid groups (broad SMARTS) is 1. The van der Waals surface area contributed by atoms with E-state index in [0.29, 0.717) is 22.0 Å². The van der Waals surface area contributed by atoms with Gasteiger partial charge in [-0.25, -0.2) is 4.79 Å². The number of phenolic OH excluding ortho intramolecular Hbond substituents is 1. The molecule has 1 atom stereocenters. The van der Waals surface area contributed by atoms with Gasteiger partial charge >= 0.3 is 5.97 Å². The van der Waals surface area contributed by atoms with Gasteiger partial charge in [0.15, 0.2) is 5.54 Å². The van der Waals surface area contributed by atoms with Crippen LogP contribution in [0.2, 0.25) is 5.02 Å². The van der Waals surface area contributed by atoms with Gasteiger partial charge in [0.25, 0.3) is 0 Å². The van der Waals surface area contributed by atoms with Gasteiger partial charge in [-0.1, -0.05) is 17.7 Å². The molecule has 5 nitrogen and oxygen atoms in total. The summed E-state index contributed by atoms with van der Waals surface area (Å²) in [6.45, 7) is -0.0758. The minimum absolute atomic E-state index is 0.0256. The quantitative estimate of drug-likeness (QED) is 0.812. The van der Waals surface area contributed by atoms with Crippen LogP contribution in [-0.2, 0) is 10.3 Å². The van der Waals surface area contributed by atoms with Crippen LogP contribution in [0.5, 0.6) is 11.5 Å². The van der Waals surface area contributed by atoms with Crippen LogP contribution in [0, 0.1) is 0 Å². The molecule has 2 aromatic carbocycles. The summed E-state index contributed by atoms with van der Waals surface area (Å²) in [4.78, 5) is 11.8. The van der Waals surface area contributed by atoms with Crippen molar-refractivity contribution in [3.8, 4) is 11.5 Å². The summed E-state index contributed by atoms with van der Waals surface area (Å²) in [6.07, 6.45) is 0. The molecule has 3 rings (SSSR count). The van der Waals surface area contributed by atoms with Crippen molar-refractivity contribution in [3.63, 3.8) is 0 Å². The van der Waals surface area contributed by atoms with E-state index in [1.165, 1.54) is 12.1 Å². The second-order valence-corrected chi connectivity index (χ2v) is 5.25. The van der Waals surface area contributed by atoms with E-state index < -0.39 is 11.5 Å². The van der Waals surface area contributed by atoms with Gasteiger partial charge in [0.1, 0.15) is 18.1 Å². The number of nitrogens with one attached hydrogen (secondary N) is 1. The number of hydrogen-bond acceptors (Lipinski definition) is 4. The van der Waals surface area contributed by atoms with E-state index in [9.17, 15) is 15.0 Å². The maximum Gasteiger partial charge on any atom is 0.337 e. The molecular weight excluding hydrogens is 294 g/mol. The first-order valence-corrected chi connectivity index (χ1v) is 6.62. The number of rotatable bonds is 3. The molecule has 108 valence electrons. The Morgan fingerprint density at radius 1 is 1.29 bits per heavy atom. The maximum atomic E-state index is 11.8. The van der Waals surface area contributed by atoms with Crippen molar-refractivity contribution in [2.24, 2.45) is 0 Å². The number of hydrogen-bond donors (Lipinski definition) is 3. The molecule has 0 aromatic heterocycles. The van der Waals surface area contributed by atoms with Crippen molar-refractivity contribution >= 4 is 23.3 Å². The highest BCUT2D eigenvalue weighted by Gasteiger charge is 2.48. The van der Waals surface area contributed by atoms with Crippen molar-refractivity contribution in [1.29, 1.82) is 0 Å². The molecular formula is C15H12ClNO4. The van der Waals surface area contributed by atoms with Crippen LogP contribution in [0.15, 0.2) is 42.5 Å². The fourth-order valence-corrected chi connectivity index (χ4v) is 2.58. The zero-order valence-electron chi connectivity index (χ0n) is 10.8. The molecule has 6 heteroatoms. The monoisotopic (exact) mass is 305 g/mol. The van der Waals surface area contributed by atoms with Crippen molar-refractivity contribution in [2.45, 2.75) is 5.54 Å². The summed E-state index contributed by atoms with van der Waals surface area (Å²) >= 11 is 5.92. The van der Waals surface area contributed by atoms with Gasteiger partial charge in [0, 0.05) is 22.3 Å². The van der Waals surface area contributed by atoms with Gasteiger partial charge < -0.3 is 20.3 Å². The number of aromatic hydroxyl groups is 1. The summed E-state index contributed by atoms with van der Waals surface area (Å²) in [6, 6.07) is 11.2. The standard InChI is InChI=1S/C15H12ClNO4/c16-9-2-1-3-10(6-9)17-15(14(19)20)8-21-13-7-11(18)4-5-12(13)15/h1-7,17-18H,8H2,(H,19,20). The molecule has 0 saturated heterocycles. The van der Waals surface area contributed by atoms with Crippen LogP contribution in [0.1, 0.15) is 5.56 Å². The number of anilines is 1. The Labute approximate surface area is 125 Å². The van der Waals surface area contributed by atoms with Gasteiger partial charge in [-0.2, -0.15) is 0 Å². The average molecular weight is 306 g/mol. The SMILES string of the molecule is O=C(O)C1(Nc2cccc(Cl)c2)COc2cc(O)ccc21.